The normalized spacial score (nSPS) is 11.7. The van der Waals surface area contributed by atoms with Gasteiger partial charge in [-0.2, -0.15) is 0 Å². The lowest BCUT2D eigenvalue weighted by atomic mass is 10.2. The maximum Gasteiger partial charge on any atom is 0.123 e. The number of rotatable bonds is 5. The molecule has 5 heteroatoms. The Labute approximate surface area is 121 Å². The molecule has 2 N–H and O–H groups in total. The predicted octanol–water partition coefficient (Wildman–Crippen LogP) is 3.62. The smallest absolute Gasteiger partial charge is 0.123 e. The molecule has 1 aromatic carbocycles. The van der Waals surface area contributed by atoms with E-state index in [2.05, 4.69) is 11.9 Å². The van der Waals surface area contributed by atoms with Crippen LogP contribution in [0.15, 0.2) is 36.2 Å². The van der Waals surface area contributed by atoms with Crippen molar-refractivity contribution in [2.45, 2.75) is 13.8 Å². The highest BCUT2D eigenvalue weighted by atomic mass is 32.1. The van der Waals surface area contributed by atoms with Crippen LogP contribution >= 0.6 is 11.3 Å². The summed E-state index contributed by atoms with van der Waals surface area (Å²) in [5, 5.41) is 0.998. The second kappa shape index (κ2) is 6.63. The van der Waals surface area contributed by atoms with Crippen molar-refractivity contribution in [1.29, 1.82) is 0 Å². The van der Waals surface area contributed by atoms with E-state index in [1.165, 1.54) is 4.88 Å². The van der Waals surface area contributed by atoms with E-state index in [9.17, 15) is 4.39 Å². The Morgan fingerprint density at radius 1 is 1.35 bits per heavy atom. The predicted molar refractivity (Wildman–Crippen MR) is 80.8 cm³/mol. The average Bonchev–Trinajstić information content (AvgIpc) is 2.80. The minimum atomic E-state index is 0.159. The highest BCUT2D eigenvalue weighted by molar-refractivity contribution is 7.15. The van der Waals surface area contributed by atoms with Gasteiger partial charge in [0.2, 0.25) is 0 Å². The second-order valence-electron chi connectivity index (χ2n) is 4.45. The van der Waals surface area contributed by atoms with E-state index in [-0.39, 0.29) is 13.2 Å². The van der Waals surface area contributed by atoms with Crippen molar-refractivity contribution in [3.63, 3.8) is 0 Å². The summed E-state index contributed by atoms with van der Waals surface area (Å²) in [7, 11) is 0. The van der Waals surface area contributed by atoms with Crippen LogP contribution in [0.4, 0.5) is 4.39 Å². The summed E-state index contributed by atoms with van der Waals surface area (Å²) in [6.07, 6.45) is 0.496. The van der Waals surface area contributed by atoms with Gasteiger partial charge in [-0.3, -0.25) is 0 Å². The van der Waals surface area contributed by atoms with Gasteiger partial charge in [-0.15, -0.1) is 11.3 Å². The van der Waals surface area contributed by atoms with E-state index in [0.29, 0.717) is 17.7 Å². The Bertz CT molecular complexity index is 585. The van der Waals surface area contributed by atoms with Crippen LogP contribution in [-0.4, -0.2) is 18.1 Å². The lowest BCUT2D eigenvalue weighted by Gasteiger charge is -2.07. The SMILES string of the molecule is Cc1nc(-c2ccc(OC/C(=C\F)CN)cc2)sc1C. The molecule has 0 unspecified atom stereocenters. The molecule has 106 valence electrons. The first-order chi connectivity index (χ1) is 9.63. The third kappa shape index (κ3) is 3.43. The van der Waals surface area contributed by atoms with Gasteiger partial charge in [0.25, 0.3) is 0 Å². The Morgan fingerprint density at radius 3 is 2.55 bits per heavy atom. The number of aryl methyl sites for hydroxylation is 2. The number of benzene rings is 1. The molecule has 0 aliphatic carbocycles. The zero-order valence-electron chi connectivity index (χ0n) is 11.5. The highest BCUT2D eigenvalue weighted by Crippen LogP contribution is 2.28. The molecule has 0 atom stereocenters. The number of hydrogen-bond acceptors (Lipinski definition) is 4. The molecule has 0 saturated carbocycles. The van der Waals surface area contributed by atoms with Crippen LogP contribution in [0.1, 0.15) is 10.6 Å². The molecule has 0 aliphatic heterocycles. The highest BCUT2D eigenvalue weighted by Gasteiger charge is 2.06. The van der Waals surface area contributed by atoms with Crippen molar-refractivity contribution in [2.24, 2.45) is 5.73 Å². The van der Waals surface area contributed by atoms with Crippen LogP contribution in [0, 0.1) is 13.8 Å². The molecular formula is C15H17FN2OS. The van der Waals surface area contributed by atoms with Gasteiger partial charge >= 0.3 is 0 Å². The quantitative estimate of drug-likeness (QED) is 0.915. The zero-order chi connectivity index (χ0) is 14.5. The fourth-order valence-corrected chi connectivity index (χ4v) is 2.52. The Kier molecular flexibility index (Phi) is 4.87. The summed E-state index contributed by atoms with van der Waals surface area (Å²) in [4.78, 5) is 5.74. The molecule has 2 rings (SSSR count). The largest absolute Gasteiger partial charge is 0.489 e. The summed E-state index contributed by atoms with van der Waals surface area (Å²) in [6.45, 7) is 4.39. The number of thiazole rings is 1. The summed E-state index contributed by atoms with van der Waals surface area (Å²) in [6, 6.07) is 7.62. The average molecular weight is 292 g/mol. The third-order valence-electron chi connectivity index (χ3n) is 2.97. The van der Waals surface area contributed by atoms with E-state index in [1.54, 1.807) is 11.3 Å². The van der Waals surface area contributed by atoms with E-state index in [4.69, 9.17) is 10.5 Å². The standard InChI is InChI=1S/C15H17FN2OS/c1-10-11(2)20-15(18-10)13-3-5-14(6-4-13)19-9-12(7-16)8-17/h3-7H,8-9,17H2,1-2H3/b12-7-. The van der Waals surface area contributed by atoms with Gasteiger partial charge in [0.05, 0.1) is 12.0 Å². The first-order valence-corrected chi connectivity index (χ1v) is 7.11. The summed E-state index contributed by atoms with van der Waals surface area (Å²) in [5.41, 5.74) is 7.92. The minimum Gasteiger partial charge on any atom is -0.489 e. The Morgan fingerprint density at radius 2 is 2.05 bits per heavy atom. The van der Waals surface area contributed by atoms with Gasteiger partial charge in [-0.25, -0.2) is 9.37 Å². The van der Waals surface area contributed by atoms with Gasteiger partial charge in [0.1, 0.15) is 17.4 Å². The van der Waals surface area contributed by atoms with Crippen molar-refractivity contribution in [3.8, 4) is 16.3 Å². The number of aromatic nitrogens is 1. The van der Waals surface area contributed by atoms with Crippen LogP contribution in [-0.2, 0) is 0 Å². The van der Waals surface area contributed by atoms with Gasteiger partial charge in [-0.1, -0.05) is 0 Å². The van der Waals surface area contributed by atoms with Crippen LogP contribution in [0.2, 0.25) is 0 Å². The topological polar surface area (TPSA) is 48.1 Å². The maximum atomic E-state index is 12.4. The molecule has 0 fully saturated rings. The summed E-state index contributed by atoms with van der Waals surface area (Å²) >= 11 is 1.67. The van der Waals surface area contributed by atoms with Crippen molar-refractivity contribution in [1.82, 2.24) is 4.98 Å². The molecule has 0 aliphatic rings. The van der Waals surface area contributed by atoms with Crippen LogP contribution in [0.25, 0.3) is 10.6 Å². The summed E-state index contributed by atoms with van der Waals surface area (Å²) < 4.78 is 17.8. The number of hydrogen-bond donors (Lipinski definition) is 1. The molecule has 0 radical (unpaired) electrons. The molecule has 0 spiro atoms. The number of nitrogens with two attached hydrogens (primary N) is 1. The lowest BCUT2D eigenvalue weighted by molar-refractivity contribution is 0.347. The van der Waals surface area contributed by atoms with E-state index in [1.807, 2.05) is 31.2 Å². The number of ether oxygens (including phenoxy) is 1. The van der Waals surface area contributed by atoms with Gasteiger partial charge < -0.3 is 10.5 Å². The first-order valence-electron chi connectivity index (χ1n) is 6.29. The van der Waals surface area contributed by atoms with Gasteiger partial charge in [0.15, 0.2) is 0 Å². The van der Waals surface area contributed by atoms with Crippen molar-refractivity contribution < 1.29 is 9.13 Å². The molecule has 2 aromatic rings. The van der Waals surface area contributed by atoms with Crippen LogP contribution in [0.3, 0.4) is 0 Å². The van der Waals surface area contributed by atoms with Crippen molar-refractivity contribution in [3.05, 3.63) is 46.7 Å². The fraction of sp³-hybridized carbons (Fsp3) is 0.267. The number of nitrogens with zero attached hydrogens (tertiary/aromatic N) is 1. The Hall–Kier alpha value is -1.72. The van der Waals surface area contributed by atoms with E-state index in [0.717, 1.165) is 16.3 Å². The molecule has 20 heavy (non-hydrogen) atoms. The molecule has 0 amide bonds. The third-order valence-corrected chi connectivity index (χ3v) is 4.09. The van der Waals surface area contributed by atoms with Gasteiger partial charge in [-0.05, 0) is 38.1 Å². The molecular weight excluding hydrogens is 275 g/mol. The molecule has 3 nitrogen and oxygen atoms in total. The van der Waals surface area contributed by atoms with Crippen molar-refractivity contribution in [2.75, 3.05) is 13.2 Å². The monoisotopic (exact) mass is 292 g/mol. The Balaban J connectivity index is 2.06. The molecule has 1 heterocycles. The van der Waals surface area contributed by atoms with E-state index < -0.39 is 0 Å². The first kappa shape index (κ1) is 14.7. The second-order valence-corrected chi connectivity index (χ2v) is 5.65. The van der Waals surface area contributed by atoms with Gasteiger partial charge in [0, 0.05) is 22.6 Å². The molecule has 1 aromatic heterocycles. The minimum absolute atomic E-state index is 0.159. The van der Waals surface area contributed by atoms with E-state index >= 15 is 0 Å². The van der Waals surface area contributed by atoms with Crippen LogP contribution in [0.5, 0.6) is 5.75 Å². The summed E-state index contributed by atoms with van der Waals surface area (Å²) in [5.74, 6) is 0.687. The fourth-order valence-electron chi connectivity index (χ4n) is 1.60. The maximum absolute atomic E-state index is 12.4. The number of halogens is 1. The van der Waals surface area contributed by atoms with Crippen LogP contribution < -0.4 is 10.5 Å². The lowest BCUT2D eigenvalue weighted by Crippen LogP contribution is -2.10. The molecule has 0 bridgehead atoms. The van der Waals surface area contributed by atoms with Crippen molar-refractivity contribution >= 4 is 11.3 Å². The molecule has 0 saturated heterocycles. The zero-order valence-corrected chi connectivity index (χ0v) is 12.3.